The van der Waals surface area contributed by atoms with Gasteiger partial charge in [0.2, 0.25) is 0 Å². The number of thiophene rings is 1. The van der Waals surface area contributed by atoms with Crippen LogP contribution in [-0.4, -0.2) is 7.05 Å². The number of hydrogen-bond acceptors (Lipinski definition) is 3. The van der Waals surface area contributed by atoms with Gasteiger partial charge in [0.25, 0.3) is 0 Å². The third kappa shape index (κ3) is 2.55. The van der Waals surface area contributed by atoms with Gasteiger partial charge in [-0.2, -0.15) is 0 Å². The average Bonchev–Trinajstić information content (AvgIpc) is 3.08. The molecule has 0 saturated heterocycles. The second-order valence-corrected chi connectivity index (χ2v) is 5.93. The molecule has 0 radical (unpaired) electrons. The van der Waals surface area contributed by atoms with Crippen molar-refractivity contribution in [2.24, 2.45) is 0 Å². The number of rotatable bonds is 5. The molecule has 0 unspecified atom stereocenters. The number of benzene rings is 2. The maximum atomic E-state index is 6.46. The summed E-state index contributed by atoms with van der Waals surface area (Å²) in [5.74, 6) is 0.915. The first-order valence-corrected chi connectivity index (χ1v) is 8.07. The zero-order chi connectivity index (χ0) is 14.7. The predicted octanol–water partition coefficient (Wildman–Crippen LogP) is 4.76. The van der Waals surface area contributed by atoms with Gasteiger partial charge in [-0.1, -0.05) is 49.4 Å². The van der Waals surface area contributed by atoms with Crippen LogP contribution in [0.5, 0.6) is 5.75 Å². The van der Waals surface area contributed by atoms with Crippen molar-refractivity contribution in [3.8, 4) is 5.75 Å². The molecule has 1 atom stereocenters. The van der Waals surface area contributed by atoms with E-state index in [2.05, 4.69) is 54.0 Å². The van der Waals surface area contributed by atoms with Crippen molar-refractivity contribution in [3.05, 3.63) is 64.9 Å². The minimum absolute atomic E-state index is 0.474. The van der Waals surface area contributed by atoms with Crippen molar-refractivity contribution in [1.29, 1.82) is 0 Å². The Bertz CT molecular complexity index is 712. The molecule has 2 nitrogen and oxygen atoms in total. The van der Waals surface area contributed by atoms with Crippen LogP contribution in [0.2, 0.25) is 0 Å². The van der Waals surface area contributed by atoms with Gasteiger partial charge in [-0.05, 0) is 29.9 Å². The number of ether oxygens (including phenoxy) is 1. The first-order chi connectivity index (χ1) is 10.3. The van der Waals surface area contributed by atoms with Gasteiger partial charge in [0.05, 0.1) is 4.88 Å². The molecule has 0 fully saturated rings. The fourth-order valence-electron chi connectivity index (χ4n) is 2.63. The van der Waals surface area contributed by atoms with Gasteiger partial charge in [0, 0.05) is 11.8 Å². The molecule has 1 N–H and O–H groups in total. The molecule has 1 aromatic heterocycles. The van der Waals surface area contributed by atoms with Crippen LogP contribution in [0.25, 0.3) is 10.8 Å². The van der Waals surface area contributed by atoms with Crippen LogP contribution in [0.15, 0.2) is 60.0 Å². The third-order valence-corrected chi connectivity index (χ3v) is 4.87. The van der Waals surface area contributed by atoms with Crippen LogP contribution >= 0.6 is 11.3 Å². The van der Waals surface area contributed by atoms with Crippen molar-refractivity contribution in [2.45, 2.75) is 19.1 Å². The summed E-state index contributed by atoms with van der Waals surface area (Å²) in [6.07, 6.45) is 0.854. The Morgan fingerprint density at radius 2 is 1.86 bits per heavy atom. The molecule has 108 valence electrons. The minimum atomic E-state index is -0.474. The molecular formula is C18H19NOS. The minimum Gasteiger partial charge on any atom is -0.467 e. The maximum Gasteiger partial charge on any atom is 0.195 e. The van der Waals surface area contributed by atoms with Crippen molar-refractivity contribution < 1.29 is 4.74 Å². The Balaban J connectivity index is 2.07. The van der Waals surface area contributed by atoms with Crippen molar-refractivity contribution in [3.63, 3.8) is 0 Å². The topological polar surface area (TPSA) is 21.3 Å². The molecule has 0 saturated carbocycles. The third-order valence-electron chi connectivity index (χ3n) is 3.85. The lowest BCUT2D eigenvalue weighted by Crippen LogP contribution is -2.44. The van der Waals surface area contributed by atoms with Gasteiger partial charge in [0.1, 0.15) is 5.75 Å². The van der Waals surface area contributed by atoms with E-state index in [1.165, 1.54) is 10.3 Å². The summed E-state index contributed by atoms with van der Waals surface area (Å²) < 4.78 is 6.46. The molecule has 0 aliphatic rings. The Morgan fingerprint density at radius 3 is 2.57 bits per heavy atom. The second kappa shape index (κ2) is 5.88. The van der Waals surface area contributed by atoms with E-state index in [0.29, 0.717) is 0 Å². The summed E-state index contributed by atoms with van der Waals surface area (Å²) in [4.78, 5) is 1.19. The van der Waals surface area contributed by atoms with Crippen LogP contribution < -0.4 is 10.1 Å². The van der Waals surface area contributed by atoms with E-state index in [0.717, 1.165) is 17.6 Å². The average molecular weight is 297 g/mol. The Hall–Kier alpha value is -1.84. The number of hydrogen-bond donors (Lipinski definition) is 1. The smallest absolute Gasteiger partial charge is 0.195 e. The first-order valence-electron chi connectivity index (χ1n) is 7.19. The molecule has 0 bridgehead atoms. The number of nitrogens with one attached hydrogen (secondary N) is 1. The second-order valence-electron chi connectivity index (χ2n) is 4.99. The van der Waals surface area contributed by atoms with E-state index < -0.39 is 5.72 Å². The van der Waals surface area contributed by atoms with Crippen LogP contribution in [0.1, 0.15) is 18.2 Å². The van der Waals surface area contributed by atoms with Crippen LogP contribution in [0.3, 0.4) is 0 Å². The van der Waals surface area contributed by atoms with Gasteiger partial charge < -0.3 is 4.74 Å². The molecule has 0 amide bonds. The quantitative estimate of drug-likeness (QED) is 0.685. The van der Waals surface area contributed by atoms with E-state index >= 15 is 0 Å². The maximum absolute atomic E-state index is 6.46. The molecule has 21 heavy (non-hydrogen) atoms. The molecule has 2 aromatic carbocycles. The molecule has 3 rings (SSSR count). The Kier molecular flexibility index (Phi) is 3.95. The fraction of sp³-hybridized carbons (Fsp3) is 0.222. The van der Waals surface area contributed by atoms with Crippen LogP contribution in [-0.2, 0) is 5.72 Å². The lowest BCUT2D eigenvalue weighted by Gasteiger charge is -2.32. The highest BCUT2D eigenvalue weighted by Crippen LogP contribution is 2.35. The standard InChI is InChI=1S/C18H19NOS/c1-3-18(19-2,17-12-7-13-21-17)20-16-11-6-9-14-8-4-5-10-15(14)16/h4-13,19H,3H2,1-2H3/t18-/m0/s1. The van der Waals surface area contributed by atoms with Crippen molar-refractivity contribution in [2.75, 3.05) is 7.05 Å². The Morgan fingerprint density at radius 1 is 1.05 bits per heavy atom. The SMILES string of the molecule is CC[C@](NC)(Oc1cccc2ccccc12)c1cccs1. The lowest BCUT2D eigenvalue weighted by molar-refractivity contribution is 0.0380. The summed E-state index contributed by atoms with van der Waals surface area (Å²) in [5.41, 5.74) is -0.474. The molecular weight excluding hydrogens is 278 g/mol. The van der Waals surface area contributed by atoms with Gasteiger partial charge in [0.15, 0.2) is 5.72 Å². The summed E-state index contributed by atoms with van der Waals surface area (Å²) >= 11 is 1.72. The Labute approximate surface area is 129 Å². The molecule has 0 aliphatic heterocycles. The highest BCUT2D eigenvalue weighted by atomic mass is 32.1. The zero-order valence-corrected chi connectivity index (χ0v) is 13.1. The highest BCUT2D eigenvalue weighted by molar-refractivity contribution is 7.10. The monoisotopic (exact) mass is 297 g/mol. The fourth-order valence-corrected chi connectivity index (χ4v) is 3.57. The van der Waals surface area contributed by atoms with Gasteiger partial charge in [-0.25, -0.2) is 0 Å². The van der Waals surface area contributed by atoms with E-state index in [4.69, 9.17) is 4.74 Å². The number of fused-ring (bicyclic) bond motifs is 1. The first kappa shape index (κ1) is 14.1. The van der Waals surface area contributed by atoms with Gasteiger partial charge >= 0.3 is 0 Å². The van der Waals surface area contributed by atoms with Crippen LogP contribution in [0, 0.1) is 0 Å². The molecule has 0 spiro atoms. The summed E-state index contributed by atoms with van der Waals surface area (Å²) in [7, 11) is 1.95. The zero-order valence-electron chi connectivity index (χ0n) is 12.3. The van der Waals surface area contributed by atoms with Gasteiger partial charge in [-0.3, -0.25) is 5.32 Å². The molecule has 0 aliphatic carbocycles. The van der Waals surface area contributed by atoms with Gasteiger partial charge in [-0.15, -0.1) is 11.3 Å². The van der Waals surface area contributed by atoms with E-state index in [-0.39, 0.29) is 0 Å². The van der Waals surface area contributed by atoms with Crippen LogP contribution in [0.4, 0.5) is 0 Å². The summed E-state index contributed by atoms with van der Waals surface area (Å²) in [6, 6.07) is 18.7. The van der Waals surface area contributed by atoms with Crippen molar-refractivity contribution in [1.82, 2.24) is 5.32 Å². The normalized spacial score (nSPS) is 14.0. The lowest BCUT2D eigenvalue weighted by atomic mass is 10.1. The van der Waals surface area contributed by atoms with Crippen molar-refractivity contribution >= 4 is 22.1 Å². The largest absolute Gasteiger partial charge is 0.467 e. The summed E-state index contributed by atoms with van der Waals surface area (Å²) in [5, 5.41) is 7.80. The predicted molar refractivity (Wildman–Crippen MR) is 89.9 cm³/mol. The molecule has 1 heterocycles. The van der Waals surface area contributed by atoms with E-state index in [9.17, 15) is 0 Å². The van der Waals surface area contributed by atoms with E-state index in [1.807, 2.05) is 25.2 Å². The van der Waals surface area contributed by atoms with E-state index in [1.54, 1.807) is 11.3 Å². The molecule has 3 heteroatoms. The highest BCUT2D eigenvalue weighted by Gasteiger charge is 2.32. The molecule has 3 aromatic rings. The summed E-state index contributed by atoms with van der Waals surface area (Å²) in [6.45, 7) is 2.14.